The van der Waals surface area contributed by atoms with E-state index in [2.05, 4.69) is 25.5 Å². The van der Waals surface area contributed by atoms with E-state index in [0.29, 0.717) is 5.13 Å². The van der Waals surface area contributed by atoms with Crippen LogP contribution in [-0.4, -0.2) is 38.4 Å². The molecule has 0 radical (unpaired) electrons. The smallest absolute Gasteiger partial charge is 0.236 e. The highest BCUT2D eigenvalue weighted by atomic mass is 32.2. The first kappa shape index (κ1) is 18.4. The Hall–Kier alpha value is -1.62. The van der Waals surface area contributed by atoms with E-state index in [1.165, 1.54) is 46.4 Å². The summed E-state index contributed by atoms with van der Waals surface area (Å²) in [7, 11) is 0. The molecule has 3 aromatic heterocycles. The van der Waals surface area contributed by atoms with Gasteiger partial charge in [0, 0.05) is 16.9 Å². The molecule has 2 aliphatic rings. The zero-order valence-electron chi connectivity index (χ0n) is 15.1. The van der Waals surface area contributed by atoms with Crippen molar-refractivity contribution in [3.05, 3.63) is 21.8 Å². The van der Waals surface area contributed by atoms with Gasteiger partial charge in [-0.25, -0.2) is 9.97 Å². The zero-order valence-corrected chi connectivity index (χ0v) is 17.6. The number of nitrogens with one attached hydrogen (secondary N) is 1. The van der Waals surface area contributed by atoms with Gasteiger partial charge in [-0.2, -0.15) is 0 Å². The molecular formula is C18H19N5O2S3. The van der Waals surface area contributed by atoms with E-state index in [0.717, 1.165) is 52.5 Å². The van der Waals surface area contributed by atoms with E-state index in [9.17, 15) is 4.79 Å². The number of thiophene rings is 1. The molecule has 5 rings (SSSR count). The second-order valence-corrected chi connectivity index (χ2v) is 9.91. The molecular weight excluding hydrogens is 414 g/mol. The molecule has 1 fully saturated rings. The maximum atomic E-state index is 12.4. The van der Waals surface area contributed by atoms with E-state index in [4.69, 9.17) is 4.74 Å². The van der Waals surface area contributed by atoms with Gasteiger partial charge in [-0.05, 0) is 44.1 Å². The third-order valence-electron chi connectivity index (χ3n) is 4.95. The van der Waals surface area contributed by atoms with Crippen molar-refractivity contribution in [1.29, 1.82) is 0 Å². The number of carbonyl (C=O) groups excluding carboxylic acids is 1. The number of fused-ring (bicyclic) bond motifs is 3. The monoisotopic (exact) mass is 433 g/mol. The van der Waals surface area contributed by atoms with Gasteiger partial charge in [-0.15, -0.1) is 21.5 Å². The molecule has 1 N–H and O–H groups in total. The first-order valence-electron chi connectivity index (χ1n) is 9.41. The molecule has 0 saturated carbocycles. The van der Waals surface area contributed by atoms with Gasteiger partial charge in [0.25, 0.3) is 0 Å². The van der Waals surface area contributed by atoms with Crippen LogP contribution >= 0.6 is 34.4 Å². The molecule has 1 amide bonds. The molecule has 28 heavy (non-hydrogen) atoms. The summed E-state index contributed by atoms with van der Waals surface area (Å²) in [4.78, 5) is 23.8. The van der Waals surface area contributed by atoms with Gasteiger partial charge in [0.2, 0.25) is 11.0 Å². The second-order valence-electron chi connectivity index (χ2n) is 6.85. The van der Waals surface area contributed by atoms with Crippen LogP contribution in [0.25, 0.3) is 10.2 Å². The van der Waals surface area contributed by atoms with Crippen LogP contribution in [0.2, 0.25) is 0 Å². The Kier molecular flexibility index (Phi) is 5.27. The lowest BCUT2D eigenvalue weighted by Crippen LogP contribution is -2.14. The maximum Gasteiger partial charge on any atom is 0.236 e. The second kappa shape index (κ2) is 8.02. The van der Waals surface area contributed by atoms with Gasteiger partial charge >= 0.3 is 0 Å². The average molecular weight is 434 g/mol. The van der Waals surface area contributed by atoms with Crippen molar-refractivity contribution in [3.63, 3.8) is 0 Å². The fourth-order valence-electron chi connectivity index (χ4n) is 3.65. The Balaban J connectivity index is 1.26. The highest BCUT2D eigenvalue weighted by Gasteiger charge is 2.23. The van der Waals surface area contributed by atoms with Crippen LogP contribution in [0.5, 0.6) is 0 Å². The van der Waals surface area contributed by atoms with Gasteiger partial charge in [-0.3, -0.25) is 10.1 Å². The summed E-state index contributed by atoms with van der Waals surface area (Å²) in [5, 5.41) is 14.5. The Morgan fingerprint density at radius 2 is 2.14 bits per heavy atom. The lowest BCUT2D eigenvalue weighted by Gasteiger charge is -2.11. The number of hydrogen-bond donors (Lipinski definition) is 1. The summed E-state index contributed by atoms with van der Waals surface area (Å²) < 4.78 is 5.62. The molecule has 10 heteroatoms. The normalized spacial score (nSPS) is 19.1. The summed E-state index contributed by atoms with van der Waals surface area (Å²) in [6.07, 6.45) is 8.30. The molecule has 4 heterocycles. The number of rotatable bonds is 5. The topological polar surface area (TPSA) is 89.9 Å². The van der Waals surface area contributed by atoms with Crippen LogP contribution in [0.4, 0.5) is 5.13 Å². The Labute approximate surface area is 174 Å². The highest BCUT2D eigenvalue weighted by molar-refractivity contribution is 8.00. The fraction of sp³-hybridized carbons (Fsp3) is 0.500. The van der Waals surface area contributed by atoms with Crippen LogP contribution in [0, 0.1) is 0 Å². The molecule has 1 aliphatic heterocycles. The minimum absolute atomic E-state index is 0.0246. The molecule has 0 spiro atoms. The number of ether oxygens (including phenoxy) is 1. The number of anilines is 1. The molecule has 146 valence electrons. The number of nitrogens with zero attached hydrogens (tertiary/aromatic N) is 4. The van der Waals surface area contributed by atoms with Crippen molar-refractivity contribution in [2.45, 2.75) is 49.7 Å². The lowest BCUT2D eigenvalue weighted by atomic mass is 9.97. The standard InChI is InChI=1S/C18H19N5O2S3/c24-13(21-18-23-22-15(28-18)11-5-3-7-25-11)8-26-16-14-10-4-1-2-6-12(10)27-17(14)20-9-19-16/h9,11H,1-8H2,(H,21,23,24). The minimum Gasteiger partial charge on any atom is -0.371 e. The molecule has 1 saturated heterocycles. The van der Waals surface area contributed by atoms with Gasteiger partial charge in [0.15, 0.2) is 0 Å². The first-order valence-corrected chi connectivity index (χ1v) is 12.0. The number of hydrogen-bond acceptors (Lipinski definition) is 9. The summed E-state index contributed by atoms with van der Waals surface area (Å²) >= 11 is 4.62. The molecule has 0 bridgehead atoms. The Morgan fingerprint density at radius 3 is 3.04 bits per heavy atom. The molecule has 0 aromatic carbocycles. The summed E-state index contributed by atoms with van der Waals surface area (Å²) in [6.45, 7) is 0.766. The van der Waals surface area contributed by atoms with Gasteiger partial charge in [0.1, 0.15) is 27.3 Å². The van der Waals surface area contributed by atoms with E-state index in [-0.39, 0.29) is 17.8 Å². The summed E-state index contributed by atoms with van der Waals surface area (Å²) in [5.74, 6) is 0.182. The van der Waals surface area contributed by atoms with Crippen molar-refractivity contribution in [3.8, 4) is 0 Å². The number of aromatic nitrogens is 4. The first-order chi connectivity index (χ1) is 13.8. The fourth-order valence-corrected chi connectivity index (χ4v) is 6.61. The Bertz CT molecular complexity index is 1010. The number of aryl methyl sites for hydroxylation is 2. The van der Waals surface area contributed by atoms with Gasteiger partial charge in [-0.1, -0.05) is 23.1 Å². The van der Waals surface area contributed by atoms with E-state index in [1.807, 2.05) is 0 Å². The van der Waals surface area contributed by atoms with Crippen molar-refractivity contribution >= 4 is 55.7 Å². The molecule has 7 nitrogen and oxygen atoms in total. The molecule has 1 aliphatic carbocycles. The predicted octanol–water partition coefficient (Wildman–Crippen LogP) is 4.00. The highest BCUT2D eigenvalue weighted by Crippen LogP contribution is 2.39. The van der Waals surface area contributed by atoms with Crippen molar-refractivity contribution in [2.24, 2.45) is 0 Å². The third kappa shape index (κ3) is 3.66. The number of amides is 1. The molecule has 3 aromatic rings. The largest absolute Gasteiger partial charge is 0.371 e. The average Bonchev–Trinajstić information content (AvgIpc) is 3.45. The van der Waals surface area contributed by atoms with Crippen LogP contribution < -0.4 is 5.32 Å². The van der Waals surface area contributed by atoms with Crippen LogP contribution in [0.3, 0.4) is 0 Å². The Morgan fingerprint density at radius 1 is 1.21 bits per heavy atom. The van der Waals surface area contributed by atoms with Crippen molar-refractivity contribution in [2.75, 3.05) is 17.7 Å². The lowest BCUT2D eigenvalue weighted by molar-refractivity contribution is -0.113. The summed E-state index contributed by atoms with van der Waals surface area (Å²) in [6, 6.07) is 0. The number of thioether (sulfide) groups is 1. The van der Waals surface area contributed by atoms with Gasteiger partial charge in [0.05, 0.1) is 5.75 Å². The third-order valence-corrected chi connectivity index (χ3v) is 8.07. The van der Waals surface area contributed by atoms with Crippen molar-refractivity contribution < 1.29 is 9.53 Å². The van der Waals surface area contributed by atoms with E-state index >= 15 is 0 Å². The van der Waals surface area contributed by atoms with Crippen LogP contribution in [0.15, 0.2) is 11.4 Å². The molecule has 1 atom stereocenters. The maximum absolute atomic E-state index is 12.4. The predicted molar refractivity (Wildman–Crippen MR) is 111 cm³/mol. The SMILES string of the molecule is O=C(CSc1ncnc2sc3c(c12)CCCC3)Nc1nnc(C2CCCO2)s1. The molecule has 1 unspecified atom stereocenters. The quantitative estimate of drug-likeness (QED) is 0.480. The van der Waals surface area contributed by atoms with E-state index in [1.54, 1.807) is 17.7 Å². The van der Waals surface area contributed by atoms with Crippen LogP contribution in [0.1, 0.15) is 47.2 Å². The number of carbonyl (C=O) groups is 1. The van der Waals surface area contributed by atoms with Crippen LogP contribution in [-0.2, 0) is 22.4 Å². The van der Waals surface area contributed by atoms with Gasteiger partial charge < -0.3 is 4.74 Å². The zero-order chi connectivity index (χ0) is 18.9. The van der Waals surface area contributed by atoms with Crippen molar-refractivity contribution in [1.82, 2.24) is 20.2 Å². The minimum atomic E-state index is -0.101. The summed E-state index contributed by atoms with van der Waals surface area (Å²) in [5.41, 5.74) is 1.39. The van der Waals surface area contributed by atoms with E-state index < -0.39 is 0 Å².